The monoisotopic (exact) mass is 417 g/mol. The van der Waals surface area contributed by atoms with Crippen LogP contribution in [0.2, 0.25) is 4.34 Å². The van der Waals surface area contributed by atoms with E-state index < -0.39 is 0 Å². The second kappa shape index (κ2) is 10.1. The van der Waals surface area contributed by atoms with Crippen molar-refractivity contribution >= 4 is 41.3 Å². The Morgan fingerprint density at radius 1 is 1.42 bits per heavy atom. The third kappa shape index (κ3) is 5.58. The molecule has 5 nitrogen and oxygen atoms in total. The number of hydrogen-bond donors (Lipinski definition) is 2. The van der Waals surface area contributed by atoms with Crippen molar-refractivity contribution in [3.8, 4) is 5.88 Å². The summed E-state index contributed by atoms with van der Waals surface area (Å²) in [5.74, 6) is 1.06. The number of nitrogens with zero attached hydrogens (tertiary/aromatic N) is 1. The lowest BCUT2D eigenvalue weighted by molar-refractivity contribution is 0.0933. The van der Waals surface area contributed by atoms with Crippen molar-refractivity contribution in [1.82, 2.24) is 15.6 Å². The number of amides is 1. The molecule has 3 heterocycles. The van der Waals surface area contributed by atoms with Gasteiger partial charge in [0.1, 0.15) is 0 Å². The summed E-state index contributed by atoms with van der Waals surface area (Å²) in [7, 11) is 1.59. The molecular formula is C18H25Cl2N3O2S. The number of aromatic nitrogens is 1. The van der Waals surface area contributed by atoms with Gasteiger partial charge in [0.2, 0.25) is 5.88 Å². The van der Waals surface area contributed by atoms with Gasteiger partial charge >= 0.3 is 0 Å². The molecule has 0 aromatic carbocycles. The molecule has 1 amide bonds. The summed E-state index contributed by atoms with van der Waals surface area (Å²) >= 11 is 7.25. The number of pyridine rings is 1. The van der Waals surface area contributed by atoms with Crippen LogP contribution in [0.3, 0.4) is 0 Å². The number of carbonyl (C=O) groups excluding carboxylic acids is 1. The number of rotatable bonds is 6. The number of piperidine rings is 1. The van der Waals surface area contributed by atoms with Crippen LogP contribution in [-0.4, -0.2) is 31.1 Å². The number of ether oxygens (including phenoxy) is 1. The maximum atomic E-state index is 12.6. The molecule has 8 heteroatoms. The van der Waals surface area contributed by atoms with E-state index in [9.17, 15) is 4.79 Å². The summed E-state index contributed by atoms with van der Waals surface area (Å²) in [4.78, 5) is 17.5. The van der Waals surface area contributed by atoms with Gasteiger partial charge in [0.15, 0.2) is 0 Å². The molecule has 0 saturated carbocycles. The number of thiophene rings is 1. The van der Waals surface area contributed by atoms with E-state index in [1.165, 1.54) is 11.3 Å². The van der Waals surface area contributed by atoms with Crippen LogP contribution in [0.5, 0.6) is 5.88 Å². The van der Waals surface area contributed by atoms with Gasteiger partial charge in [0.05, 0.1) is 22.4 Å². The first kappa shape index (κ1) is 21.0. The number of carbonyl (C=O) groups is 1. The Bertz CT molecular complexity index is 709. The van der Waals surface area contributed by atoms with Crippen LogP contribution in [0.4, 0.5) is 0 Å². The van der Waals surface area contributed by atoms with Gasteiger partial charge in [0, 0.05) is 13.7 Å². The normalized spacial score (nSPS) is 15.8. The Hall–Kier alpha value is -1.34. The lowest BCUT2D eigenvalue weighted by atomic mass is 9.88. The molecule has 0 bridgehead atoms. The van der Waals surface area contributed by atoms with E-state index in [1.807, 2.05) is 12.1 Å². The van der Waals surface area contributed by atoms with Gasteiger partial charge in [0.25, 0.3) is 5.91 Å². The molecule has 1 fully saturated rings. The molecule has 1 aliphatic rings. The van der Waals surface area contributed by atoms with Crippen molar-refractivity contribution in [2.75, 3.05) is 20.2 Å². The Balaban J connectivity index is 0.00000182. The molecule has 1 aliphatic heterocycles. The van der Waals surface area contributed by atoms with E-state index in [1.54, 1.807) is 25.4 Å². The largest absolute Gasteiger partial charge is 0.481 e. The average molecular weight is 418 g/mol. The highest BCUT2D eigenvalue weighted by molar-refractivity contribution is 7.18. The Labute approximate surface area is 170 Å². The fraction of sp³-hybridized carbons (Fsp3) is 0.444. The maximum Gasteiger partial charge on any atom is 0.261 e. The molecule has 0 spiro atoms. The molecule has 2 aromatic rings. The van der Waals surface area contributed by atoms with E-state index in [-0.39, 0.29) is 25.8 Å². The number of nitrogens with one attached hydrogen (secondary N) is 2. The molecule has 0 aliphatic carbocycles. The Morgan fingerprint density at radius 2 is 2.19 bits per heavy atom. The first-order chi connectivity index (χ1) is 12.2. The highest BCUT2D eigenvalue weighted by atomic mass is 35.5. The first-order valence-electron chi connectivity index (χ1n) is 8.42. The quantitative estimate of drug-likeness (QED) is 0.733. The van der Waals surface area contributed by atoms with Gasteiger partial charge in [-0.15, -0.1) is 23.7 Å². The van der Waals surface area contributed by atoms with E-state index in [4.69, 9.17) is 16.3 Å². The van der Waals surface area contributed by atoms with Crippen LogP contribution < -0.4 is 15.4 Å². The fourth-order valence-corrected chi connectivity index (χ4v) is 4.06. The SMILES string of the molecule is COc1ccc([C@H](CC2CCNCC2)NC(=O)c2ccc(Cl)s2)cn1.Cl.[HH]. The van der Waals surface area contributed by atoms with Crippen molar-refractivity contribution < 1.29 is 11.0 Å². The molecule has 2 aromatic heterocycles. The highest BCUT2D eigenvalue weighted by Crippen LogP contribution is 2.28. The predicted molar refractivity (Wildman–Crippen MR) is 110 cm³/mol. The zero-order chi connectivity index (χ0) is 17.6. The van der Waals surface area contributed by atoms with E-state index in [0.717, 1.165) is 37.9 Å². The summed E-state index contributed by atoms with van der Waals surface area (Å²) < 4.78 is 5.75. The minimum absolute atomic E-state index is 0. The summed E-state index contributed by atoms with van der Waals surface area (Å²) in [6.07, 6.45) is 4.94. The molecule has 144 valence electrons. The molecule has 1 atom stereocenters. The lowest BCUT2D eigenvalue weighted by Gasteiger charge is -2.27. The lowest BCUT2D eigenvalue weighted by Crippen LogP contribution is -2.33. The summed E-state index contributed by atoms with van der Waals surface area (Å²) in [6.45, 7) is 2.07. The zero-order valence-corrected chi connectivity index (χ0v) is 16.9. The van der Waals surface area contributed by atoms with Gasteiger partial charge in [-0.1, -0.05) is 17.7 Å². The molecule has 1 saturated heterocycles. The van der Waals surface area contributed by atoms with Gasteiger partial charge < -0.3 is 15.4 Å². The van der Waals surface area contributed by atoms with Crippen molar-refractivity contribution in [2.45, 2.75) is 25.3 Å². The van der Waals surface area contributed by atoms with Crippen LogP contribution in [0, 0.1) is 5.92 Å². The summed E-state index contributed by atoms with van der Waals surface area (Å²) in [6, 6.07) is 7.24. The topological polar surface area (TPSA) is 63.2 Å². The second-order valence-corrected chi connectivity index (χ2v) is 7.91. The zero-order valence-electron chi connectivity index (χ0n) is 14.5. The minimum atomic E-state index is -0.0911. The number of methoxy groups -OCH3 is 1. The van der Waals surface area contributed by atoms with Crippen LogP contribution >= 0.6 is 35.3 Å². The van der Waals surface area contributed by atoms with Crippen LogP contribution in [-0.2, 0) is 0 Å². The van der Waals surface area contributed by atoms with Gasteiger partial charge in [-0.2, -0.15) is 0 Å². The molecule has 26 heavy (non-hydrogen) atoms. The maximum absolute atomic E-state index is 12.6. The molecular weight excluding hydrogens is 393 g/mol. The van der Waals surface area contributed by atoms with Crippen LogP contribution in [0.1, 0.15) is 42.0 Å². The molecule has 0 radical (unpaired) electrons. The van der Waals surface area contributed by atoms with E-state index in [2.05, 4.69) is 15.6 Å². The average Bonchev–Trinajstić information content (AvgIpc) is 3.09. The molecule has 3 rings (SSSR count). The van der Waals surface area contributed by atoms with Crippen molar-refractivity contribution in [3.63, 3.8) is 0 Å². The highest BCUT2D eigenvalue weighted by Gasteiger charge is 2.23. The third-order valence-electron chi connectivity index (χ3n) is 4.50. The number of hydrogen-bond acceptors (Lipinski definition) is 5. The van der Waals surface area contributed by atoms with Crippen LogP contribution in [0.25, 0.3) is 0 Å². The first-order valence-corrected chi connectivity index (χ1v) is 9.62. The standard InChI is InChI=1S/C18H22ClN3O2S.ClH.H2/c1-24-17-5-2-13(11-21-17)14(10-12-6-8-20-9-7-12)22-18(23)15-3-4-16(19)25-15;;/h2-5,11-12,14,20H,6-10H2,1H3,(H,22,23);2*1H/t14-;;/m0../s1. The van der Waals surface area contributed by atoms with Crippen molar-refractivity contribution in [2.24, 2.45) is 5.92 Å². The molecule has 2 N–H and O–H groups in total. The number of halogens is 2. The smallest absolute Gasteiger partial charge is 0.261 e. The predicted octanol–water partition coefficient (Wildman–Crippen LogP) is 4.33. The van der Waals surface area contributed by atoms with E-state index >= 15 is 0 Å². The summed E-state index contributed by atoms with van der Waals surface area (Å²) in [5.41, 5.74) is 0.996. The third-order valence-corrected chi connectivity index (χ3v) is 5.73. The summed E-state index contributed by atoms with van der Waals surface area (Å²) in [5, 5.41) is 6.54. The van der Waals surface area contributed by atoms with Crippen molar-refractivity contribution in [3.05, 3.63) is 45.2 Å². The Kier molecular flexibility index (Phi) is 8.15. The van der Waals surface area contributed by atoms with Gasteiger partial charge in [-0.25, -0.2) is 4.98 Å². The van der Waals surface area contributed by atoms with Crippen molar-refractivity contribution in [1.29, 1.82) is 0 Å². The van der Waals surface area contributed by atoms with Gasteiger partial charge in [-0.3, -0.25) is 4.79 Å². The van der Waals surface area contributed by atoms with Gasteiger partial charge in [-0.05, 0) is 56.0 Å². The fourth-order valence-electron chi connectivity index (χ4n) is 3.11. The van der Waals surface area contributed by atoms with E-state index in [0.29, 0.717) is 21.0 Å². The van der Waals surface area contributed by atoms with Crippen LogP contribution in [0.15, 0.2) is 30.5 Å². The minimum Gasteiger partial charge on any atom is -0.481 e. The Morgan fingerprint density at radius 3 is 2.77 bits per heavy atom. The second-order valence-electron chi connectivity index (χ2n) is 6.19. The molecule has 0 unspecified atom stereocenters.